The number of amides is 1. The van der Waals surface area contributed by atoms with Gasteiger partial charge in [-0.15, -0.1) is 0 Å². The van der Waals surface area contributed by atoms with Crippen molar-refractivity contribution in [1.29, 1.82) is 0 Å². The molecule has 0 unspecified atom stereocenters. The van der Waals surface area contributed by atoms with Crippen molar-refractivity contribution >= 4 is 17.8 Å². The molecule has 0 radical (unpaired) electrons. The van der Waals surface area contributed by atoms with E-state index in [0.717, 1.165) is 16.7 Å². The lowest BCUT2D eigenvalue weighted by Gasteiger charge is -2.17. The molecule has 158 valence electrons. The van der Waals surface area contributed by atoms with Gasteiger partial charge in [0.15, 0.2) is 0 Å². The van der Waals surface area contributed by atoms with Crippen molar-refractivity contribution in [3.05, 3.63) is 71.8 Å². The summed E-state index contributed by atoms with van der Waals surface area (Å²) in [6.45, 7) is 3.62. The largest absolute Gasteiger partial charge is 0.481 e. The van der Waals surface area contributed by atoms with Crippen LogP contribution < -0.4 is 5.32 Å². The molecule has 30 heavy (non-hydrogen) atoms. The first-order valence-corrected chi connectivity index (χ1v) is 9.90. The predicted octanol–water partition coefficient (Wildman–Crippen LogP) is 3.76. The predicted molar refractivity (Wildman–Crippen MR) is 115 cm³/mol. The summed E-state index contributed by atoms with van der Waals surface area (Å²) in [5, 5.41) is 11.6. The summed E-state index contributed by atoms with van der Waals surface area (Å²) in [5.74, 6) is -1.85. The second-order valence-corrected chi connectivity index (χ2v) is 6.90. The summed E-state index contributed by atoms with van der Waals surface area (Å²) in [5.41, 5.74) is 3.56. The average molecular weight is 409 g/mol. The number of ether oxygens (including phenoxy) is 1. The lowest BCUT2D eigenvalue weighted by molar-refractivity contribution is -0.139. The van der Waals surface area contributed by atoms with Gasteiger partial charge in [-0.1, -0.05) is 60.7 Å². The number of rotatable bonds is 10. The SMILES string of the molecule is CCOC(=O)/C(C)=C/[C@@H](Cc1ccc(-c2ccccc2)cc1)NC(=O)CCC(=O)O. The Morgan fingerprint density at radius 2 is 1.63 bits per heavy atom. The van der Waals surface area contributed by atoms with Crippen molar-refractivity contribution in [2.45, 2.75) is 39.2 Å². The Kier molecular flexibility index (Phi) is 8.81. The number of esters is 1. The van der Waals surface area contributed by atoms with Gasteiger partial charge in [0, 0.05) is 12.0 Å². The quantitative estimate of drug-likeness (QED) is 0.460. The normalized spacial score (nSPS) is 12.1. The number of hydrogen-bond acceptors (Lipinski definition) is 4. The van der Waals surface area contributed by atoms with E-state index >= 15 is 0 Å². The number of carbonyl (C=O) groups is 3. The number of carboxylic acids is 1. The molecule has 0 aliphatic carbocycles. The van der Waals surface area contributed by atoms with Crippen molar-refractivity contribution in [3.63, 3.8) is 0 Å². The fourth-order valence-corrected chi connectivity index (χ4v) is 2.98. The summed E-state index contributed by atoms with van der Waals surface area (Å²) < 4.78 is 5.01. The zero-order valence-corrected chi connectivity index (χ0v) is 17.3. The van der Waals surface area contributed by atoms with E-state index in [-0.39, 0.29) is 25.4 Å². The monoisotopic (exact) mass is 409 g/mol. The maximum absolute atomic E-state index is 12.1. The third-order valence-corrected chi connectivity index (χ3v) is 4.48. The van der Waals surface area contributed by atoms with Crippen molar-refractivity contribution in [2.75, 3.05) is 6.61 Å². The molecule has 2 N–H and O–H groups in total. The minimum absolute atomic E-state index is 0.120. The maximum atomic E-state index is 12.1. The molecule has 1 amide bonds. The van der Waals surface area contributed by atoms with Gasteiger partial charge in [-0.05, 0) is 37.0 Å². The first kappa shape index (κ1) is 22.9. The first-order chi connectivity index (χ1) is 14.4. The van der Waals surface area contributed by atoms with Gasteiger partial charge < -0.3 is 15.2 Å². The highest BCUT2D eigenvalue weighted by molar-refractivity contribution is 5.88. The van der Waals surface area contributed by atoms with E-state index in [1.165, 1.54) is 0 Å². The lowest BCUT2D eigenvalue weighted by Crippen LogP contribution is -2.35. The molecule has 0 saturated carbocycles. The van der Waals surface area contributed by atoms with E-state index in [2.05, 4.69) is 5.32 Å². The number of benzene rings is 2. The number of nitrogens with one attached hydrogen (secondary N) is 1. The maximum Gasteiger partial charge on any atom is 0.333 e. The number of carboxylic acid groups (broad SMARTS) is 1. The molecule has 0 fully saturated rings. The van der Waals surface area contributed by atoms with Gasteiger partial charge in [0.2, 0.25) is 5.91 Å². The van der Waals surface area contributed by atoms with E-state index in [9.17, 15) is 14.4 Å². The second kappa shape index (κ2) is 11.6. The van der Waals surface area contributed by atoms with E-state index in [0.29, 0.717) is 12.0 Å². The van der Waals surface area contributed by atoms with E-state index in [1.54, 1.807) is 19.9 Å². The molecule has 0 bridgehead atoms. The highest BCUT2D eigenvalue weighted by Crippen LogP contribution is 2.20. The molecule has 2 rings (SSSR count). The first-order valence-electron chi connectivity index (χ1n) is 9.90. The van der Waals surface area contributed by atoms with E-state index in [4.69, 9.17) is 9.84 Å². The van der Waals surface area contributed by atoms with Crippen LogP contribution in [0, 0.1) is 0 Å². The molecule has 0 aliphatic rings. The van der Waals surface area contributed by atoms with Crippen LogP contribution in [0.1, 0.15) is 32.3 Å². The minimum Gasteiger partial charge on any atom is -0.481 e. The molecule has 6 nitrogen and oxygen atoms in total. The standard InChI is InChI=1S/C24H27NO5/c1-3-30-24(29)17(2)15-21(25-22(26)13-14-23(27)28)16-18-9-11-20(12-10-18)19-7-5-4-6-8-19/h4-12,15,21H,3,13-14,16H2,1-2H3,(H,25,26)(H,27,28)/b17-15+/t21-/m0/s1. The van der Waals surface area contributed by atoms with Crippen LogP contribution in [-0.2, 0) is 25.5 Å². The molecule has 2 aromatic carbocycles. The Morgan fingerprint density at radius 1 is 1.00 bits per heavy atom. The molecule has 0 aromatic heterocycles. The van der Waals surface area contributed by atoms with Crippen LogP contribution in [0.2, 0.25) is 0 Å². The third kappa shape index (κ3) is 7.54. The van der Waals surface area contributed by atoms with Crippen molar-refractivity contribution in [2.24, 2.45) is 0 Å². The average Bonchev–Trinajstić information content (AvgIpc) is 2.73. The van der Waals surface area contributed by atoms with Gasteiger partial charge in [-0.25, -0.2) is 4.79 Å². The smallest absolute Gasteiger partial charge is 0.333 e. The van der Waals surface area contributed by atoms with Gasteiger partial charge in [-0.3, -0.25) is 9.59 Å². The van der Waals surface area contributed by atoms with E-state index in [1.807, 2.05) is 54.6 Å². The minimum atomic E-state index is -1.03. The molecule has 0 aliphatic heterocycles. The van der Waals surface area contributed by atoms with Gasteiger partial charge in [0.05, 0.1) is 19.1 Å². The zero-order chi connectivity index (χ0) is 21.9. The molecule has 6 heteroatoms. The molecular weight excluding hydrogens is 382 g/mol. The summed E-state index contributed by atoms with van der Waals surface area (Å²) in [6, 6.07) is 17.5. The summed E-state index contributed by atoms with van der Waals surface area (Å²) in [7, 11) is 0. The van der Waals surface area contributed by atoms with Crippen LogP contribution in [0.25, 0.3) is 11.1 Å². The van der Waals surface area contributed by atoms with Crippen LogP contribution in [0.4, 0.5) is 0 Å². The number of aliphatic carboxylic acids is 1. The van der Waals surface area contributed by atoms with Crippen LogP contribution in [0.5, 0.6) is 0 Å². The third-order valence-electron chi connectivity index (χ3n) is 4.48. The fraction of sp³-hybridized carbons (Fsp3) is 0.292. The Balaban J connectivity index is 2.14. The van der Waals surface area contributed by atoms with Crippen molar-refractivity contribution < 1.29 is 24.2 Å². The molecular formula is C24H27NO5. The molecule has 0 saturated heterocycles. The summed E-state index contributed by atoms with van der Waals surface area (Å²) in [6.07, 6.45) is 1.75. The highest BCUT2D eigenvalue weighted by atomic mass is 16.5. The topological polar surface area (TPSA) is 92.7 Å². The number of hydrogen-bond donors (Lipinski definition) is 2. The van der Waals surface area contributed by atoms with Crippen LogP contribution in [0.3, 0.4) is 0 Å². The second-order valence-electron chi connectivity index (χ2n) is 6.90. The Bertz CT molecular complexity index is 888. The Morgan fingerprint density at radius 3 is 2.23 bits per heavy atom. The van der Waals surface area contributed by atoms with Gasteiger partial charge in [-0.2, -0.15) is 0 Å². The van der Waals surface area contributed by atoms with Gasteiger partial charge >= 0.3 is 11.9 Å². The van der Waals surface area contributed by atoms with Crippen molar-refractivity contribution in [3.8, 4) is 11.1 Å². The number of carbonyl (C=O) groups excluding carboxylic acids is 2. The van der Waals surface area contributed by atoms with Gasteiger partial charge in [0.25, 0.3) is 0 Å². The van der Waals surface area contributed by atoms with Crippen LogP contribution in [-0.4, -0.2) is 35.6 Å². The summed E-state index contributed by atoms with van der Waals surface area (Å²) in [4.78, 5) is 34.8. The van der Waals surface area contributed by atoms with E-state index < -0.39 is 18.0 Å². The molecule has 1 atom stereocenters. The van der Waals surface area contributed by atoms with Crippen LogP contribution >= 0.6 is 0 Å². The molecule has 0 heterocycles. The summed E-state index contributed by atoms with van der Waals surface area (Å²) >= 11 is 0. The van der Waals surface area contributed by atoms with Crippen molar-refractivity contribution in [1.82, 2.24) is 5.32 Å². The van der Waals surface area contributed by atoms with Gasteiger partial charge in [0.1, 0.15) is 0 Å². The Hall–Kier alpha value is -3.41. The Labute approximate surface area is 176 Å². The zero-order valence-electron chi connectivity index (χ0n) is 17.3. The fourth-order valence-electron chi connectivity index (χ4n) is 2.98. The van der Waals surface area contributed by atoms with Crippen LogP contribution in [0.15, 0.2) is 66.2 Å². The highest BCUT2D eigenvalue weighted by Gasteiger charge is 2.15. The lowest BCUT2D eigenvalue weighted by atomic mass is 9.99. The molecule has 0 spiro atoms. The molecule has 2 aromatic rings.